The minimum absolute atomic E-state index is 0.0830. The quantitative estimate of drug-likeness (QED) is 0.338. The molecule has 33 heavy (non-hydrogen) atoms. The van der Waals surface area contributed by atoms with E-state index in [0.29, 0.717) is 12.8 Å². The summed E-state index contributed by atoms with van der Waals surface area (Å²) in [5.74, 6) is -2.35. The molecule has 3 atom stereocenters. The van der Waals surface area contributed by atoms with Crippen LogP contribution in [-0.4, -0.2) is 32.7 Å². The van der Waals surface area contributed by atoms with Crippen LogP contribution in [0.25, 0.3) is 0 Å². The number of fused-ring (bicyclic) bond motifs is 1. The molecule has 2 aromatic carbocycles. The first-order valence-corrected chi connectivity index (χ1v) is 11.3. The average Bonchev–Trinajstić information content (AvgIpc) is 3.02. The van der Waals surface area contributed by atoms with Gasteiger partial charge in [-0.25, -0.2) is 5.01 Å². The van der Waals surface area contributed by atoms with Crippen molar-refractivity contribution in [3.63, 3.8) is 0 Å². The molecule has 0 N–H and O–H groups in total. The Morgan fingerprint density at radius 1 is 1.12 bits per heavy atom. The van der Waals surface area contributed by atoms with Gasteiger partial charge in [-0.15, -0.1) is 0 Å². The van der Waals surface area contributed by atoms with E-state index >= 15 is 0 Å². The summed E-state index contributed by atoms with van der Waals surface area (Å²) in [7, 11) is 0. The Bertz CT molecular complexity index is 1150. The number of hydrazine groups is 1. The van der Waals surface area contributed by atoms with Crippen molar-refractivity contribution in [2.45, 2.75) is 32.7 Å². The van der Waals surface area contributed by atoms with Crippen LogP contribution in [0.5, 0.6) is 0 Å². The van der Waals surface area contributed by atoms with Gasteiger partial charge in [0.2, 0.25) is 0 Å². The summed E-state index contributed by atoms with van der Waals surface area (Å²) in [6.45, 7) is 1.66. The van der Waals surface area contributed by atoms with Gasteiger partial charge in [0.1, 0.15) is 0 Å². The van der Waals surface area contributed by atoms with Crippen molar-refractivity contribution in [3.05, 3.63) is 73.8 Å². The molecule has 1 aliphatic heterocycles. The normalized spacial score (nSPS) is 22.3. The molecule has 0 bridgehead atoms. The Balaban J connectivity index is 1.78. The van der Waals surface area contributed by atoms with Crippen molar-refractivity contribution < 1.29 is 19.3 Å². The maximum absolute atomic E-state index is 13.6. The summed E-state index contributed by atoms with van der Waals surface area (Å²) in [6.07, 6.45) is 1.93. The number of nitrogens with zero attached hydrogens (tertiary/aromatic N) is 3. The third-order valence-corrected chi connectivity index (χ3v) is 6.87. The molecular formula is C23H21Cl2N3O5. The Hall–Kier alpha value is -2.97. The maximum atomic E-state index is 13.6. The van der Waals surface area contributed by atoms with Crippen LogP contribution in [0.3, 0.4) is 0 Å². The van der Waals surface area contributed by atoms with E-state index in [2.05, 4.69) is 0 Å². The van der Waals surface area contributed by atoms with Crippen molar-refractivity contribution in [2.24, 2.45) is 17.8 Å². The Kier molecular flexibility index (Phi) is 6.41. The number of halogens is 2. The SMILES string of the molecule is C[C@@H]1CC[C@H]2C(=O)N(N(Cc3ccc(Cl)cc3[N+](=O)[O-])C(=O)c3ccccc3Cl)C(=O)[C@@H]2C1. The van der Waals surface area contributed by atoms with Crippen molar-refractivity contribution in [2.75, 3.05) is 0 Å². The fraction of sp³-hybridized carbons (Fsp3) is 0.348. The highest BCUT2D eigenvalue weighted by molar-refractivity contribution is 6.34. The molecule has 10 heteroatoms. The van der Waals surface area contributed by atoms with Crippen LogP contribution in [-0.2, 0) is 16.1 Å². The third-order valence-electron chi connectivity index (χ3n) is 6.31. The molecule has 2 fully saturated rings. The second-order valence-electron chi connectivity index (χ2n) is 8.49. The highest BCUT2D eigenvalue weighted by Crippen LogP contribution is 2.42. The minimum Gasteiger partial charge on any atom is -0.272 e. The van der Waals surface area contributed by atoms with Gasteiger partial charge in [-0.1, -0.05) is 42.3 Å². The lowest BCUT2D eigenvalue weighted by Crippen LogP contribution is -2.50. The van der Waals surface area contributed by atoms with Gasteiger partial charge in [-0.2, -0.15) is 5.01 Å². The first-order valence-electron chi connectivity index (χ1n) is 10.6. The molecular weight excluding hydrogens is 469 g/mol. The Morgan fingerprint density at radius 2 is 1.82 bits per heavy atom. The molecule has 1 aliphatic carbocycles. The van der Waals surface area contributed by atoms with E-state index in [1.807, 2.05) is 6.92 Å². The molecule has 0 spiro atoms. The molecule has 172 valence electrons. The van der Waals surface area contributed by atoms with Crippen LogP contribution in [0.2, 0.25) is 10.0 Å². The van der Waals surface area contributed by atoms with Crippen LogP contribution >= 0.6 is 23.2 Å². The first-order chi connectivity index (χ1) is 15.7. The van der Waals surface area contributed by atoms with Gasteiger partial charge in [0, 0.05) is 11.1 Å². The largest absolute Gasteiger partial charge is 0.275 e. The number of nitro benzene ring substituents is 1. The van der Waals surface area contributed by atoms with Crippen LogP contribution in [0.1, 0.15) is 42.1 Å². The zero-order valence-electron chi connectivity index (χ0n) is 17.7. The predicted octanol–water partition coefficient (Wildman–Crippen LogP) is 4.88. The predicted molar refractivity (Wildman–Crippen MR) is 121 cm³/mol. The summed E-state index contributed by atoms with van der Waals surface area (Å²) in [5, 5.41) is 13.8. The molecule has 0 aromatic heterocycles. The van der Waals surface area contributed by atoms with E-state index in [4.69, 9.17) is 23.2 Å². The fourth-order valence-electron chi connectivity index (χ4n) is 4.62. The molecule has 4 rings (SSSR count). The van der Waals surface area contributed by atoms with Crippen molar-refractivity contribution in [1.82, 2.24) is 10.0 Å². The highest BCUT2D eigenvalue weighted by Gasteiger charge is 2.52. The number of hydrogen-bond donors (Lipinski definition) is 0. The highest BCUT2D eigenvalue weighted by atomic mass is 35.5. The van der Waals surface area contributed by atoms with Crippen molar-refractivity contribution in [1.29, 1.82) is 0 Å². The standard InChI is InChI=1S/C23H21Cl2N3O5/c1-13-6-9-16-18(10-13)23(31)27(22(16)30)26(21(29)17-4-2-3-5-19(17)25)12-14-7-8-15(24)11-20(14)28(32)33/h2-5,7-8,11,13,16,18H,6,9-10,12H2,1H3/t13-,16-,18-/m1/s1. The van der Waals surface area contributed by atoms with Gasteiger partial charge in [-0.3, -0.25) is 24.5 Å². The summed E-state index contributed by atoms with van der Waals surface area (Å²) in [6, 6.07) is 10.3. The summed E-state index contributed by atoms with van der Waals surface area (Å²) < 4.78 is 0. The Morgan fingerprint density at radius 3 is 2.52 bits per heavy atom. The molecule has 1 heterocycles. The Labute approximate surface area is 200 Å². The molecule has 1 saturated carbocycles. The van der Waals surface area contributed by atoms with E-state index < -0.39 is 34.5 Å². The molecule has 2 aliphatic rings. The third kappa shape index (κ3) is 4.32. The molecule has 3 amide bonds. The summed E-state index contributed by atoms with van der Waals surface area (Å²) >= 11 is 12.2. The smallest absolute Gasteiger partial charge is 0.272 e. The summed E-state index contributed by atoms with van der Waals surface area (Å²) in [4.78, 5) is 51.2. The minimum atomic E-state index is -0.696. The number of nitro groups is 1. The van der Waals surface area contributed by atoms with E-state index in [9.17, 15) is 24.5 Å². The van der Waals surface area contributed by atoms with Crippen LogP contribution < -0.4 is 0 Å². The maximum Gasteiger partial charge on any atom is 0.275 e. The van der Waals surface area contributed by atoms with Gasteiger partial charge in [-0.05, 0) is 49.4 Å². The second-order valence-corrected chi connectivity index (χ2v) is 9.34. The van der Waals surface area contributed by atoms with Gasteiger partial charge in [0.05, 0.1) is 39.5 Å². The number of carbonyl (C=O) groups excluding carboxylic acids is 3. The molecule has 0 unspecified atom stereocenters. The lowest BCUT2D eigenvalue weighted by molar-refractivity contribution is -0.385. The number of imide groups is 1. The number of hydrogen-bond acceptors (Lipinski definition) is 5. The fourth-order valence-corrected chi connectivity index (χ4v) is 5.00. The average molecular weight is 490 g/mol. The number of benzene rings is 2. The molecule has 8 nitrogen and oxygen atoms in total. The topological polar surface area (TPSA) is 101 Å². The van der Waals surface area contributed by atoms with E-state index in [0.717, 1.165) is 16.4 Å². The molecule has 1 saturated heterocycles. The van der Waals surface area contributed by atoms with Crippen LogP contribution in [0, 0.1) is 27.9 Å². The van der Waals surface area contributed by atoms with E-state index in [1.54, 1.807) is 12.1 Å². The number of rotatable bonds is 5. The van der Waals surface area contributed by atoms with Crippen LogP contribution in [0.15, 0.2) is 42.5 Å². The zero-order chi connectivity index (χ0) is 23.9. The van der Waals surface area contributed by atoms with Gasteiger partial charge < -0.3 is 0 Å². The second kappa shape index (κ2) is 9.11. The lowest BCUT2D eigenvalue weighted by atomic mass is 9.76. The monoisotopic (exact) mass is 489 g/mol. The summed E-state index contributed by atoms with van der Waals surface area (Å²) in [5.41, 5.74) is -0.0992. The number of amides is 3. The molecule has 2 aromatic rings. The lowest BCUT2D eigenvalue weighted by Gasteiger charge is -2.30. The van der Waals surface area contributed by atoms with Gasteiger partial charge in [0.15, 0.2) is 0 Å². The first kappa shape index (κ1) is 23.2. The van der Waals surface area contributed by atoms with Gasteiger partial charge in [0.25, 0.3) is 23.4 Å². The van der Waals surface area contributed by atoms with Gasteiger partial charge >= 0.3 is 0 Å². The zero-order valence-corrected chi connectivity index (χ0v) is 19.3. The van der Waals surface area contributed by atoms with E-state index in [-0.39, 0.29) is 39.3 Å². The molecule has 0 radical (unpaired) electrons. The van der Waals surface area contributed by atoms with Crippen LogP contribution in [0.4, 0.5) is 5.69 Å². The number of carbonyl (C=O) groups is 3. The van der Waals surface area contributed by atoms with Crippen molar-refractivity contribution in [3.8, 4) is 0 Å². The van der Waals surface area contributed by atoms with Crippen molar-refractivity contribution >= 4 is 46.6 Å². The van der Waals surface area contributed by atoms with E-state index in [1.165, 1.54) is 30.3 Å².